The average molecular weight is 857 g/mol. The average Bonchev–Trinajstić information content (AvgIpc) is 3.20. The van der Waals surface area contributed by atoms with Crippen molar-refractivity contribution in [2.75, 3.05) is 47.5 Å². The van der Waals surface area contributed by atoms with Crippen LogP contribution in [0.3, 0.4) is 0 Å². The van der Waals surface area contributed by atoms with Crippen LogP contribution in [0.2, 0.25) is 0 Å². The van der Waals surface area contributed by atoms with Gasteiger partial charge in [-0.1, -0.05) is 149 Å². The third-order valence-corrected chi connectivity index (χ3v) is 9.75. The number of unbranched alkanes of at least 4 members (excludes halogenated alkanes) is 7. The second kappa shape index (κ2) is 41.0. The highest BCUT2D eigenvalue weighted by Crippen LogP contribution is 2.43. The monoisotopic (exact) mass is 857 g/mol. The number of carbonyl (C=O) groups is 2. The number of carbonyl (C=O) groups excluding carboxylic acids is 2. The number of likely N-dealkylation sites (N-methyl/N-ethyl adjacent to an activating group) is 1. The van der Waals surface area contributed by atoms with Gasteiger partial charge in [0.05, 0.1) is 27.7 Å². The van der Waals surface area contributed by atoms with Crippen LogP contribution in [-0.4, -0.2) is 74.9 Å². The van der Waals surface area contributed by atoms with E-state index in [2.05, 4.69) is 117 Å². The van der Waals surface area contributed by atoms with E-state index >= 15 is 0 Å². The molecule has 1 N–H and O–H groups in total. The number of allylic oxidation sites excluding steroid dienone is 18. The number of quaternary nitrogens is 1. The summed E-state index contributed by atoms with van der Waals surface area (Å²) in [5.41, 5.74) is 0. The molecule has 0 bridgehead atoms. The standard InChI is InChI=1S/C50H82NO8P/c1-6-8-10-12-14-16-18-20-21-22-23-24-25-26-27-28-29-31-33-35-37-39-41-43-50(53)59-48(47-58-60(54,55)57-45-44-51(3,4)5)46-56-49(52)42-40-38-36-34-32-30-19-17-15-13-11-9-7-2/h8,10-11,13-14,16-17,19-21,23-24,26-27,29,31,35,37,48H,6-7,9,12,15,18,22,25,28,30,32-34,36,38-47H2,1-5H3/p+1/b10-8-,13-11-,16-14-,19-17-,21-20-,24-23-,27-26-,31-29-,37-35-. The summed E-state index contributed by atoms with van der Waals surface area (Å²) < 4.78 is 34.2. The van der Waals surface area contributed by atoms with Crippen LogP contribution in [0.4, 0.5) is 0 Å². The molecule has 9 nitrogen and oxygen atoms in total. The quantitative estimate of drug-likeness (QED) is 0.0214. The summed E-state index contributed by atoms with van der Waals surface area (Å²) in [6, 6.07) is 0. The van der Waals surface area contributed by atoms with Gasteiger partial charge in [0.2, 0.25) is 0 Å². The van der Waals surface area contributed by atoms with Crippen LogP contribution in [0.15, 0.2) is 109 Å². The molecule has 0 radical (unpaired) electrons. The first-order chi connectivity index (χ1) is 29.0. The summed E-state index contributed by atoms with van der Waals surface area (Å²) in [5, 5.41) is 0. The lowest BCUT2D eigenvalue weighted by Gasteiger charge is -2.24. The minimum absolute atomic E-state index is 0.0117. The fourth-order valence-electron chi connectivity index (χ4n) is 5.27. The van der Waals surface area contributed by atoms with E-state index in [1.54, 1.807) is 0 Å². The van der Waals surface area contributed by atoms with Crippen molar-refractivity contribution in [3.8, 4) is 0 Å². The van der Waals surface area contributed by atoms with Crippen LogP contribution < -0.4 is 0 Å². The molecule has 340 valence electrons. The molecule has 0 heterocycles. The molecule has 0 aliphatic rings. The molecule has 0 fully saturated rings. The Morgan fingerprint density at radius 2 is 0.967 bits per heavy atom. The summed E-state index contributed by atoms with van der Waals surface area (Å²) >= 11 is 0. The second-order valence-corrected chi connectivity index (χ2v) is 17.1. The van der Waals surface area contributed by atoms with Crippen molar-refractivity contribution in [3.05, 3.63) is 109 Å². The number of ether oxygens (including phenoxy) is 2. The van der Waals surface area contributed by atoms with Crippen molar-refractivity contribution in [2.45, 2.75) is 148 Å². The number of nitrogens with zero attached hydrogens (tertiary/aromatic N) is 1. The van der Waals surface area contributed by atoms with Crippen LogP contribution in [0.5, 0.6) is 0 Å². The number of phosphoric ester groups is 1. The van der Waals surface area contributed by atoms with Crippen LogP contribution in [-0.2, 0) is 32.7 Å². The molecule has 0 aliphatic heterocycles. The van der Waals surface area contributed by atoms with Gasteiger partial charge in [-0.3, -0.25) is 18.6 Å². The fraction of sp³-hybridized carbons (Fsp3) is 0.600. The highest BCUT2D eigenvalue weighted by Gasteiger charge is 2.27. The second-order valence-electron chi connectivity index (χ2n) is 15.7. The molecule has 0 aliphatic carbocycles. The molecule has 0 amide bonds. The van der Waals surface area contributed by atoms with E-state index in [1.807, 2.05) is 27.2 Å². The topological polar surface area (TPSA) is 108 Å². The van der Waals surface area contributed by atoms with E-state index in [9.17, 15) is 19.0 Å². The third kappa shape index (κ3) is 44.2. The van der Waals surface area contributed by atoms with Gasteiger partial charge in [0, 0.05) is 12.8 Å². The molecule has 0 aromatic heterocycles. The van der Waals surface area contributed by atoms with Gasteiger partial charge in [-0.2, -0.15) is 0 Å². The van der Waals surface area contributed by atoms with Crippen molar-refractivity contribution < 1.29 is 42.1 Å². The van der Waals surface area contributed by atoms with Crippen molar-refractivity contribution >= 4 is 19.8 Å². The molecule has 60 heavy (non-hydrogen) atoms. The van der Waals surface area contributed by atoms with E-state index in [4.69, 9.17) is 18.5 Å². The van der Waals surface area contributed by atoms with E-state index in [1.165, 1.54) is 6.42 Å². The maximum Gasteiger partial charge on any atom is 0.472 e. The smallest absolute Gasteiger partial charge is 0.462 e. The summed E-state index contributed by atoms with van der Waals surface area (Å²) in [6.45, 7) is 4.12. The third-order valence-electron chi connectivity index (χ3n) is 8.77. The van der Waals surface area contributed by atoms with Gasteiger partial charge in [-0.25, -0.2) is 4.57 Å². The minimum atomic E-state index is -4.40. The van der Waals surface area contributed by atoms with Gasteiger partial charge >= 0.3 is 19.8 Å². The number of phosphoric acid groups is 1. The van der Waals surface area contributed by atoms with Crippen molar-refractivity contribution in [2.24, 2.45) is 0 Å². The van der Waals surface area contributed by atoms with E-state index in [-0.39, 0.29) is 26.1 Å². The van der Waals surface area contributed by atoms with Crippen LogP contribution >= 0.6 is 7.82 Å². The van der Waals surface area contributed by atoms with Gasteiger partial charge in [0.25, 0.3) is 0 Å². The highest BCUT2D eigenvalue weighted by atomic mass is 31.2. The molecule has 0 aromatic carbocycles. The first-order valence-corrected chi connectivity index (χ1v) is 24.1. The minimum Gasteiger partial charge on any atom is -0.462 e. The predicted octanol–water partition coefficient (Wildman–Crippen LogP) is 13.1. The Morgan fingerprint density at radius 3 is 1.47 bits per heavy atom. The summed E-state index contributed by atoms with van der Waals surface area (Å²) in [6.07, 6.45) is 55.8. The molecule has 0 saturated carbocycles. The molecule has 0 saturated heterocycles. The zero-order valence-electron chi connectivity index (χ0n) is 38.1. The van der Waals surface area contributed by atoms with Gasteiger partial charge in [-0.15, -0.1) is 0 Å². The largest absolute Gasteiger partial charge is 0.472 e. The molecule has 0 aromatic rings. The molecular weight excluding hydrogens is 774 g/mol. The lowest BCUT2D eigenvalue weighted by atomic mass is 10.1. The zero-order chi connectivity index (χ0) is 44.3. The Kier molecular flexibility index (Phi) is 38.8. The normalized spacial score (nSPS) is 14.6. The maximum absolute atomic E-state index is 12.7. The Bertz CT molecular complexity index is 1380. The summed E-state index contributed by atoms with van der Waals surface area (Å²) in [5.74, 6) is -0.898. The molecular formula is C50H83NO8P+. The number of rotatable bonds is 39. The van der Waals surface area contributed by atoms with E-state index in [0.29, 0.717) is 30.3 Å². The molecule has 0 rings (SSSR count). The van der Waals surface area contributed by atoms with Crippen molar-refractivity contribution in [1.29, 1.82) is 0 Å². The summed E-state index contributed by atoms with van der Waals surface area (Å²) in [7, 11) is 1.41. The zero-order valence-corrected chi connectivity index (χ0v) is 39.0. The number of hydrogen-bond acceptors (Lipinski definition) is 7. The lowest BCUT2D eigenvalue weighted by molar-refractivity contribution is -0.870. The molecule has 0 spiro atoms. The summed E-state index contributed by atoms with van der Waals surface area (Å²) in [4.78, 5) is 35.4. The first kappa shape index (κ1) is 56.7. The molecule has 10 heteroatoms. The van der Waals surface area contributed by atoms with E-state index < -0.39 is 32.5 Å². The van der Waals surface area contributed by atoms with Crippen molar-refractivity contribution in [1.82, 2.24) is 0 Å². The number of esters is 2. The van der Waals surface area contributed by atoms with Crippen molar-refractivity contribution in [3.63, 3.8) is 0 Å². The fourth-order valence-corrected chi connectivity index (χ4v) is 6.02. The highest BCUT2D eigenvalue weighted by molar-refractivity contribution is 7.47. The van der Waals surface area contributed by atoms with E-state index in [0.717, 1.165) is 89.9 Å². The lowest BCUT2D eigenvalue weighted by Crippen LogP contribution is -2.37. The van der Waals surface area contributed by atoms with Gasteiger partial charge in [0.1, 0.15) is 19.8 Å². The SMILES string of the molecule is CC/C=C\C/C=C\C/C=C\C/C=C\C/C=C\C/C=C\C/C=C\CCCC(=O)OC(COC(=O)CCCCCCC/C=C\C/C=C\CCC)COP(=O)(O)OCC[N+](C)(C)C. The Morgan fingerprint density at radius 1 is 0.533 bits per heavy atom. The van der Waals surface area contributed by atoms with Crippen LogP contribution in [0.1, 0.15) is 142 Å². The predicted molar refractivity (Wildman–Crippen MR) is 251 cm³/mol. The Hall–Kier alpha value is -3.33. The first-order valence-electron chi connectivity index (χ1n) is 22.6. The molecule has 2 unspecified atom stereocenters. The van der Waals surface area contributed by atoms with Crippen LogP contribution in [0.25, 0.3) is 0 Å². The Balaban J connectivity index is 4.49. The maximum atomic E-state index is 12.7. The van der Waals surface area contributed by atoms with Gasteiger partial charge < -0.3 is 18.9 Å². The number of hydrogen-bond donors (Lipinski definition) is 1. The molecule has 2 atom stereocenters. The van der Waals surface area contributed by atoms with Gasteiger partial charge in [0.15, 0.2) is 6.10 Å². The van der Waals surface area contributed by atoms with Crippen LogP contribution in [0, 0.1) is 0 Å². The van der Waals surface area contributed by atoms with Gasteiger partial charge in [-0.05, 0) is 89.9 Å². The Labute approximate surface area is 366 Å².